The number of benzene rings is 1. The zero-order valence-corrected chi connectivity index (χ0v) is 20.9. The highest BCUT2D eigenvalue weighted by Crippen LogP contribution is 2.32. The molecule has 4 rings (SSSR count). The summed E-state index contributed by atoms with van der Waals surface area (Å²) in [4.78, 5) is 22.4. The summed E-state index contributed by atoms with van der Waals surface area (Å²) in [6, 6.07) is 11.9. The van der Waals surface area contributed by atoms with Gasteiger partial charge in [0.25, 0.3) is 0 Å². The van der Waals surface area contributed by atoms with Gasteiger partial charge in [-0.15, -0.1) is 0 Å². The van der Waals surface area contributed by atoms with Gasteiger partial charge in [-0.1, -0.05) is 30.0 Å². The van der Waals surface area contributed by atoms with Crippen LogP contribution in [0.25, 0.3) is 26.8 Å². The van der Waals surface area contributed by atoms with Gasteiger partial charge in [-0.25, -0.2) is 15.0 Å². The summed E-state index contributed by atoms with van der Waals surface area (Å²) in [5, 5.41) is 0.810. The second-order valence-corrected chi connectivity index (χ2v) is 9.09. The largest absolute Gasteiger partial charge is 0.497 e. The third kappa shape index (κ3) is 5.46. The highest BCUT2D eigenvalue weighted by atomic mass is 32.2. The topological polar surface area (TPSA) is 85.3 Å². The Morgan fingerprint density at radius 1 is 1.18 bits per heavy atom. The van der Waals surface area contributed by atoms with Gasteiger partial charge in [-0.3, -0.25) is 4.98 Å². The number of hydrogen-bond donors (Lipinski definition) is 1. The number of rotatable bonds is 11. The minimum Gasteiger partial charge on any atom is -0.497 e. The summed E-state index contributed by atoms with van der Waals surface area (Å²) < 4.78 is 13.8. The molecule has 0 aliphatic carbocycles. The van der Waals surface area contributed by atoms with E-state index >= 15 is 0 Å². The first-order chi connectivity index (χ1) is 16.6. The lowest BCUT2D eigenvalue weighted by Gasteiger charge is -2.21. The summed E-state index contributed by atoms with van der Waals surface area (Å²) >= 11 is 3.01. The molecule has 10 heteroatoms. The summed E-state index contributed by atoms with van der Waals surface area (Å²) in [7, 11) is 3.32. The summed E-state index contributed by atoms with van der Waals surface area (Å²) in [6.45, 7) is 8.16. The average Bonchev–Trinajstić information content (AvgIpc) is 3.33. The molecule has 1 aromatic carbocycles. The van der Waals surface area contributed by atoms with Crippen molar-refractivity contribution in [1.82, 2.24) is 19.9 Å². The number of aromatic nitrogens is 4. The van der Waals surface area contributed by atoms with E-state index in [0.29, 0.717) is 12.4 Å². The Labute approximate surface area is 207 Å². The van der Waals surface area contributed by atoms with Gasteiger partial charge in [-0.05, 0) is 43.1 Å². The Bertz CT molecular complexity index is 1260. The molecule has 0 aliphatic heterocycles. The van der Waals surface area contributed by atoms with Crippen LogP contribution in [0.5, 0.6) is 0 Å². The van der Waals surface area contributed by atoms with Gasteiger partial charge < -0.3 is 19.1 Å². The highest BCUT2D eigenvalue weighted by molar-refractivity contribution is 8.00. The van der Waals surface area contributed by atoms with E-state index in [-0.39, 0.29) is 0 Å². The number of methoxy groups -OCH3 is 2. The van der Waals surface area contributed by atoms with Crippen molar-refractivity contribution in [2.24, 2.45) is 0 Å². The molecule has 0 saturated heterocycles. The molecule has 34 heavy (non-hydrogen) atoms. The van der Waals surface area contributed by atoms with Gasteiger partial charge in [0.1, 0.15) is 27.4 Å². The van der Waals surface area contributed by atoms with Crippen LogP contribution >= 0.6 is 23.3 Å². The molecule has 0 amide bonds. The zero-order valence-electron chi connectivity index (χ0n) is 19.3. The monoisotopic (exact) mass is 494 g/mol. The first kappa shape index (κ1) is 23.9. The van der Waals surface area contributed by atoms with Gasteiger partial charge in [0.15, 0.2) is 5.82 Å². The normalized spacial score (nSPS) is 10.9. The van der Waals surface area contributed by atoms with Gasteiger partial charge in [0, 0.05) is 30.7 Å². The number of thiazole rings is 1. The third-order valence-corrected chi connectivity index (χ3v) is 6.91. The van der Waals surface area contributed by atoms with Crippen LogP contribution < -0.4 is 9.62 Å². The minimum absolute atomic E-state index is 0.621. The molecule has 0 unspecified atom stereocenters. The van der Waals surface area contributed by atoms with Crippen molar-refractivity contribution in [3.8, 4) is 10.7 Å². The first-order valence-electron chi connectivity index (χ1n) is 10.7. The second-order valence-electron chi connectivity index (χ2n) is 7.23. The molecule has 3 heterocycles. The summed E-state index contributed by atoms with van der Waals surface area (Å²) in [5.41, 5.74) is 3.42. The van der Waals surface area contributed by atoms with Gasteiger partial charge in [0.2, 0.25) is 0 Å². The second kappa shape index (κ2) is 11.3. The molecule has 3 aromatic heterocycles. The number of fused-ring (bicyclic) bond motifs is 1. The van der Waals surface area contributed by atoms with Crippen LogP contribution in [0.4, 0.5) is 11.5 Å². The molecule has 1 N–H and O–H groups in total. The fraction of sp³-hybridized carbons (Fsp3) is 0.250. The number of nitrogens with zero attached hydrogens (tertiary/aromatic N) is 5. The highest BCUT2D eigenvalue weighted by Gasteiger charge is 2.16. The molecular weight excluding hydrogens is 468 g/mol. The molecule has 176 valence electrons. The molecular formula is C24H26N6O2S2. The number of ether oxygens (including phenoxy) is 2. The lowest BCUT2D eigenvalue weighted by molar-refractivity contribution is 0.205. The maximum absolute atomic E-state index is 5.23. The van der Waals surface area contributed by atoms with Crippen molar-refractivity contribution >= 4 is 50.9 Å². The number of likely N-dealkylation sites (N-methyl/N-ethyl adjacent to an activating group) is 1. The van der Waals surface area contributed by atoms with Crippen LogP contribution in [-0.4, -0.2) is 53.9 Å². The van der Waals surface area contributed by atoms with E-state index in [9.17, 15) is 0 Å². The molecule has 0 aliphatic rings. The molecule has 4 aromatic rings. The Kier molecular flexibility index (Phi) is 7.94. The van der Waals surface area contributed by atoms with E-state index in [2.05, 4.69) is 38.1 Å². The molecule has 0 spiro atoms. The van der Waals surface area contributed by atoms with Crippen LogP contribution in [0.3, 0.4) is 0 Å². The van der Waals surface area contributed by atoms with E-state index in [1.54, 1.807) is 26.7 Å². The minimum atomic E-state index is 0.621. The third-order valence-electron chi connectivity index (χ3n) is 5.09. The molecule has 0 fully saturated rings. The Hall–Kier alpha value is -3.21. The van der Waals surface area contributed by atoms with Gasteiger partial charge in [0.05, 0.1) is 31.3 Å². The van der Waals surface area contributed by atoms with Crippen molar-refractivity contribution in [2.75, 3.05) is 43.5 Å². The van der Waals surface area contributed by atoms with Crippen molar-refractivity contribution in [1.29, 1.82) is 0 Å². The fourth-order valence-electron chi connectivity index (χ4n) is 3.25. The van der Waals surface area contributed by atoms with Crippen LogP contribution in [0.15, 0.2) is 60.4 Å². The quantitative estimate of drug-likeness (QED) is 0.219. The maximum atomic E-state index is 5.23. The smallest absolute Gasteiger partial charge is 0.159 e. The number of hydrogen-bond acceptors (Lipinski definition) is 10. The standard InChI is InChI=1S/C24H26N6O2S2/c1-5-30(11-12-31-3)22-21-24(27-15-26-22)33-23(28-21)20-10-9-18(14-25-20)29-34-19-8-6-7-17(13-19)16(2)32-4/h6-10,13-15,29H,2,5,11-12H2,1,3-4H3. The SMILES string of the molecule is C=C(OC)c1cccc(SNc2ccc(-c3nc4c(N(CC)CCOC)ncnc4s3)nc2)c1. The predicted molar refractivity (Wildman–Crippen MR) is 140 cm³/mol. The Morgan fingerprint density at radius 2 is 2.06 bits per heavy atom. The zero-order chi connectivity index (χ0) is 23.9. The van der Waals surface area contributed by atoms with Crippen LogP contribution in [-0.2, 0) is 9.47 Å². The van der Waals surface area contributed by atoms with Crippen molar-refractivity contribution < 1.29 is 9.47 Å². The number of nitrogens with one attached hydrogen (secondary N) is 1. The van der Waals surface area contributed by atoms with Crippen molar-refractivity contribution in [3.63, 3.8) is 0 Å². The molecule has 0 atom stereocenters. The first-order valence-corrected chi connectivity index (χ1v) is 12.3. The molecule has 0 radical (unpaired) electrons. The van der Waals surface area contributed by atoms with Gasteiger partial charge in [-0.2, -0.15) is 0 Å². The Balaban J connectivity index is 1.49. The van der Waals surface area contributed by atoms with Crippen molar-refractivity contribution in [2.45, 2.75) is 11.8 Å². The van der Waals surface area contributed by atoms with Crippen molar-refractivity contribution in [3.05, 3.63) is 61.1 Å². The van der Waals surface area contributed by atoms with E-state index in [1.165, 1.54) is 23.3 Å². The average molecular weight is 495 g/mol. The molecule has 0 saturated carbocycles. The van der Waals surface area contributed by atoms with Crippen LogP contribution in [0.2, 0.25) is 0 Å². The number of anilines is 2. The van der Waals surface area contributed by atoms with E-state index in [4.69, 9.17) is 14.5 Å². The maximum Gasteiger partial charge on any atom is 0.159 e. The summed E-state index contributed by atoms with van der Waals surface area (Å²) in [5.74, 6) is 1.46. The lowest BCUT2D eigenvalue weighted by atomic mass is 10.2. The predicted octanol–water partition coefficient (Wildman–Crippen LogP) is 5.36. The Morgan fingerprint density at radius 3 is 2.79 bits per heavy atom. The van der Waals surface area contributed by atoms with Gasteiger partial charge >= 0.3 is 0 Å². The fourth-order valence-corrected chi connectivity index (χ4v) is 4.82. The molecule has 8 nitrogen and oxygen atoms in total. The van der Waals surface area contributed by atoms with Crippen LogP contribution in [0, 0.1) is 0 Å². The molecule has 0 bridgehead atoms. The van der Waals surface area contributed by atoms with E-state index < -0.39 is 0 Å². The summed E-state index contributed by atoms with van der Waals surface area (Å²) in [6.07, 6.45) is 3.39. The number of pyridine rings is 1. The van der Waals surface area contributed by atoms with Crippen LogP contribution in [0.1, 0.15) is 12.5 Å². The lowest BCUT2D eigenvalue weighted by Crippen LogP contribution is -2.28. The van der Waals surface area contributed by atoms with E-state index in [1.807, 2.05) is 36.4 Å². The van der Waals surface area contributed by atoms with E-state index in [0.717, 1.165) is 56.1 Å².